The van der Waals surface area contributed by atoms with Gasteiger partial charge in [-0.05, 0) is 149 Å². The van der Waals surface area contributed by atoms with Crippen LogP contribution in [-0.4, -0.2) is 29.9 Å². The molecule has 81 heavy (non-hydrogen) atoms. The molecule has 8 heterocycles. The molecule has 8 nitrogen and oxygen atoms in total. The fourth-order valence-electron chi connectivity index (χ4n) is 9.18. The molecule has 418 valence electrons. The standard InChI is InChI=1S/2C22H21N2O.2C13H12N.CH4.2Ir/c1-4-15(5-2)16-10-12-20(23-13-16)19-8-6-7-17-18-11-9-14(3)24-22(18)25-21(17)19;1-4-15(5-2)16-11-12-23-20(13-16)19-8-6-7-17-18-10-9-14(3)24-22(18)25-21(17)19;2*1-10-8-13(14-9-11(10)2)12-6-4-3-5-7-12;;;/h2*6-7,9-13,15H,4-5H2,1-3H3;2*3-6,8-9H,1-2H3;1H4;;/q4*-1;;;/i2*15D;2*2D3;;;. The maximum atomic E-state index is 8.72. The number of benzene rings is 4. The molecule has 4 aromatic carbocycles. The van der Waals surface area contributed by atoms with Crippen LogP contribution < -0.4 is 0 Å². The third-order valence-electron chi connectivity index (χ3n) is 13.6. The maximum absolute atomic E-state index is 8.72. The van der Waals surface area contributed by atoms with Crippen molar-refractivity contribution in [3.05, 3.63) is 227 Å². The Bertz CT molecular complexity index is 4200. The van der Waals surface area contributed by atoms with Crippen molar-refractivity contribution < 1.29 is 60.0 Å². The second-order valence-corrected chi connectivity index (χ2v) is 18.8. The fourth-order valence-corrected chi connectivity index (χ4v) is 9.18. The smallest absolute Gasteiger partial charge is 0.216 e. The molecule has 0 aliphatic carbocycles. The van der Waals surface area contributed by atoms with E-state index in [4.69, 9.17) is 19.8 Å². The average Bonchev–Trinajstić information content (AvgIpc) is 1.76. The molecule has 0 bridgehead atoms. The van der Waals surface area contributed by atoms with Crippen LogP contribution in [0.15, 0.2) is 167 Å². The van der Waals surface area contributed by atoms with E-state index in [0.29, 0.717) is 22.6 Å². The Labute approximate surface area is 517 Å². The molecular weight excluding hydrogens is 1350 g/mol. The number of pyridine rings is 6. The van der Waals surface area contributed by atoms with Crippen molar-refractivity contribution in [3.8, 4) is 45.0 Å². The topological polar surface area (TPSA) is 104 Å². The van der Waals surface area contributed by atoms with Gasteiger partial charge in [-0.2, -0.15) is 0 Å². The summed E-state index contributed by atoms with van der Waals surface area (Å²) in [4.78, 5) is 26.5. The van der Waals surface area contributed by atoms with Gasteiger partial charge in [0.2, 0.25) is 11.4 Å². The van der Waals surface area contributed by atoms with Gasteiger partial charge in [0.1, 0.15) is 0 Å². The molecule has 8 aromatic heterocycles. The van der Waals surface area contributed by atoms with E-state index in [1.165, 1.54) is 12.4 Å². The molecule has 0 aliphatic rings. The molecule has 0 saturated heterocycles. The van der Waals surface area contributed by atoms with Gasteiger partial charge >= 0.3 is 0 Å². The summed E-state index contributed by atoms with van der Waals surface area (Å²) in [5, 5.41) is 4.02. The van der Waals surface area contributed by atoms with Crippen molar-refractivity contribution in [1.82, 2.24) is 29.9 Å². The summed E-state index contributed by atoms with van der Waals surface area (Å²) in [6, 6.07) is 55.0. The summed E-state index contributed by atoms with van der Waals surface area (Å²) in [6.07, 6.45) is 9.49. The van der Waals surface area contributed by atoms with E-state index in [1.807, 2.05) is 155 Å². The van der Waals surface area contributed by atoms with Gasteiger partial charge in [-0.3, -0.25) is 0 Å². The summed E-state index contributed by atoms with van der Waals surface area (Å²) in [6.45, 7) is 11.5. The van der Waals surface area contributed by atoms with E-state index in [-0.39, 0.29) is 47.6 Å². The van der Waals surface area contributed by atoms with Crippen LogP contribution in [0.2, 0.25) is 0 Å². The average molecular weight is 1430 g/mol. The minimum absolute atomic E-state index is 0. The number of nitrogens with zero attached hydrogens (tertiary/aromatic N) is 6. The molecular formula is C71H70Ir2N6O2-4. The van der Waals surface area contributed by atoms with Crippen molar-refractivity contribution in [2.75, 3.05) is 0 Å². The molecule has 0 fully saturated rings. The molecule has 0 saturated carbocycles. The third-order valence-corrected chi connectivity index (χ3v) is 13.6. The minimum Gasteiger partial charge on any atom is -0.486 e. The summed E-state index contributed by atoms with van der Waals surface area (Å²) >= 11 is 0. The van der Waals surface area contributed by atoms with E-state index in [9.17, 15) is 0 Å². The fraction of sp³-hybridized carbons (Fsp3) is 0.239. The SMILES string of the molecule is C.[2H]C(CC)(CC)c1ccc(-c2[c-]ccc3c2oc2nc(C)ccc23)nc1.[2H]C(CC)(CC)c1ccnc(-c2[c-]ccc3c2oc2nc(C)ccc23)c1.[2H]C([2H])([2H])c1cnc(-c2[c-]cccc2)cc1C.[2H]C([2H])([2H])c1cnc(-c2[c-]cccc2)cc1C.[Ir].[Ir]. The monoisotopic (exact) mass is 1430 g/mol. The van der Waals surface area contributed by atoms with Gasteiger partial charge in [0.25, 0.3) is 0 Å². The van der Waals surface area contributed by atoms with Gasteiger partial charge < -0.3 is 28.8 Å². The number of furan rings is 2. The van der Waals surface area contributed by atoms with Crippen molar-refractivity contribution in [2.45, 2.75) is 114 Å². The Morgan fingerprint density at radius 1 is 0.457 bits per heavy atom. The van der Waals surface area contributed by atoms with Crippen LogP contribution in [0.3, 0.4) is 0 Å². The van der Waals surface area contributed by atoms with Gasteiger partial charge in [0.05, 0.1) is 11.2 Å². The normalized spacial score (nSPS) is 12.7. The van der Waals surface area contributed by atoms with Crippen molar-refractivity contribution in [2.24, 2.45) is 0 Å². The Morgan fingerprint density at radius 2 is 0.938 bits per heavy atom. The zero-order valence-electron chi connectivity index (χ0n) is 54.0. The number of fused-ring (bicyclic) bond motifs is 6. The number of hydrogen-bond donors (Lipinski definition) is 0. The molecule has 0 spiro atoms. The molecule has 0 atom stereocenters. The van der Waals surface area contributed by atoms with E-state index in [1.54, 1.807) is 32.2 Å². The first-order chi connectivity index (χ1) is 41.1. The number of rotatable bonds is 10. The zero-order chi connectivity index (χ0) is 61.6. The third kappa shape index (κ3) is 14.8. The minimum atomic E-state index is -2.10. The van der Waals surface area contributed by atoms with Crippen LogP contribution in [0, 0.1) is 65.7 Å². The Kier molecular flexibility index (Phi) is 18.8. The van der Waals surface area contributed by atoms with Crippen molar-refractivity contribution >= 4 is 44.1 Å². The van der Waals surface area contributed by atoms with E-state index < -0.39 is 25.5 Å². The Balaban J connectivity index is 0.000000191. The Hall–Kier alpha value is -7.32. The molecule has 12 rings (SSSR count). The van der Waals surface area contributed by atoms with E-state index in [2.05, 4.69) is 68.0 Å². The van der Waals surface area contributed by atoms with E-state index in [0.717, 1.165) is 137 Å². The predicted octanol–water partition coefficient (Wildman–Crippen LogP) is 19.1. The number of aromatic nitrogens is 6. The van der Waals surface area contributed by atoms with Crippen molar-refractivity contribution in [3.63, 3.8) is 0 Å². The van der Waals surface area contributed by atoms with Gasteiger partial charge in [-0.25, -0.2) is 9.97 Å². The first-order valence-electron chi connectivity index (χ1n) is 30.3. The van der Waals surface area contributed by atoms with Crippen LogP contribution in [-0.2, 0) is 40.2 Å². The zero-order valence-corrected chi connectivity index (χ0v) is 50.8. The second kappa shape index (κ2) is 29.4. The molecule has 12 aromatic rings. The first-order valence-corrected chi connectivity index (χ1v) is 26.3. The van der Waals surface area contributed by atoms with Crippen LogP contribution in [0.5, 0.6) is 0 Å². The molecule has 2 radical (unpaired) electrons. The summed E-state index contributed by atoms with van der Waals surface area (Å²) in [5.41, 5.74) is 15.0. The van der Waals surface area contributed by atoms with Gasteiger partial charge in [0, 0.05) is 98.1 Å². The van der Waals surface area contributed by atoms with Gasteiger partial charge in [-0.1, -0.05) is 104 Å². The van der Waals surface area contributed by atoms with Gasteiger partial charge in [-0.15, -0.1) is 108 Å². The number of hydrogen-bond acceptors (Lipinski definition) is 8. The van der Waals surface area contributed by atoms with Gasteiger partial charge in [0.15, 0.2) is 0 Å². The quantitative estimate of drug-likeness (QED) is 0.125. The second-order valence-electron chi connectivity index (χ2n) is 18.8. The van der Waals surface area contributed by atoms with Crippen LogP contribution in [0.1, 0.15) is 128 Å². The Morgan fingerprint density at radius 3 is 1.37 bits per heavy atom. The summed E-state index contributed by atoms with van der Waals surface area (Å²) in [5.74, 6) is -1.18. The van der Waals surface area contributed by atoms with Crippen LogP contribution >= 0.6 is 0 Å². The summed E-state index contributed by atoms with van der Waals surface area (Å²) < 4.78 is 73.7. The largest absolute Gasteiger partial charge is 0.486 e. The molecule has 0 unspecified atom stereocenters. The molecule has 0 N–H and O–H groups in total. The summed E-state index contributed by atoms with van der Waals surface area (Å²) in [7, 11) is 0. The molecule has 0 aliphatic heterocycles. The van der Waals surface area contributed by atoms with Crippen LogP contribution in [0.4, 0.5) is 0 Å². The van der Waals surface area contributed by atoms with Crippen LogP contribution in [0.25, 0.3) is 89.2 Å². The molecule has 0 amide bonds. The maximum Gasteiger partial charge on any atom is 0.216 e. The first kappa shape index (κ1) is 51.8. The molecule has 10 heteroatoms. The predicted molar refractivity (Wildman–Crippen MR) is 326 cm³/mol. The van der Waals surface area contributed by atoms with E-state index >= 15 is 0 Å². The van der Waals surface area contributed by atoms with Crippen molar-refractivity contribution in [1.29, 1.82) is 0 Å². The number of aryl methyl sites for hydroxylation is 6.